The van der Waals surface area contributed by atoms with Crippen molar-refractivity contribution in [2.45, 2.75) is 44.8 Å². The summed E-state index contributed by atoms with van der Waals surface area (Å²) >= 11 is 5.94. The van der Waals surface area contributed by atoms with Crippen molar-refractivity contribution in [3.63, 3.8) is 0 Å². The minimum atomic E-state index is -4.32. The molecule has 1 amide bonds. The van der Waals surface area contributed by atoms with Crippen LogP contribution >= 0.6 is 11.6 Å². The van der Waals surface area contributed by atoms with E-state index in [1.807, 2.05) is 0 Å². The van der Waals surface area contributed by atoms with E-state index in [1.54, 1.807) is 36.1 Å². The lowest BCUT2D eigenvalue weighted by Crippen LogP contribution is -2.48. The number of hydrogen-bond acceptors (Lipinski definition) is 3. The first kappa shape index (κ1) is 23.5. The third kappa shape index (κ3) is 7.19. The van der Waals surface area contributed by atoms with Crippen LogP contribution in [0, 0.1) is 5.92 Å². The summed E-state index contributed by atoms with van der Waals surface area (Å²) in [7, 11) is 0. The lowest BCUT2D eigenvalue weighted by atomic mass is 9.86. The van der Waals surface area contributed by atoms with Crippen LogP contribution in [0.25, 0.3) is 0 Å². The number of carbonyl (C=O) groups excluding carboxylic acids is 1. The van der Waals surface area contributed by atoms with Gasteiger partial charge in [-0.25, -0.2) is 0 Å². The minimum absolute atomic E-state index is 0.0724. The molecule has 162 valence electrons. The Bertz CT molecular complexity index is 697. The van der Waals surface area contributed by atoms with Crippen molar-refractivity contribution in [1.29, 1.82) is 0 Å². The van der Waals surface area contributed by atoms with Gasteiger partial charge in [-0.15, -0.1) is 0 Å². The summed E-state index contributed by atoms with van der Waals surface area (Å²) in [4.78, 5) is 26.9. The molecule has 1 aliphatic rings. The smallest absolute Gasteiger partial charge is 0.401 e. The van der Waals surface area contributed by atoms with Crippen LogP contribution in [0.15, 0.2) is 24.3 Å². The molecule has 0 radical (unpaired) electrons. The van der Waals surface area contributed by atoms with Gasteiger partial charge in [-0.1, -0.05) is 30.7 Å². The molecule has 0 saturated carbocycles. The number of halogens is 4. The normalized spacial score (nSPS) is 20.3. The van der Waals surface area contributed by atoms with Gasteiger partial charge in [0, 0.05) is 24.0 Å². The van der Waals surface area contributed by atoms with Crippen LogP contribution in [0.3, 0.4) is 0 Å². The van der Waals surface area contributed by atoms with Crippen molar-refractivity contribution in [3.05, 3.63) is 34.9 Å². The van der Waals surface area contributed by atoms with Gasteiger partial charge >= 0.3 is 12.1 Å². The summed E-state index contributed by atoms with van der Waals surface area (Å²) in [5.41, 5.74) is 0.842. The Morgan fingerprint density at radius 3 is 2.45 bits per heavy atom. The average Bonchev–Trinajstić information content (AvgIpc) is 2.61. The van der Waals surface area contributed by atoms with Crippen molar-refractivity contribution < 1.29 is 27.9 Å². The number of aliphatic carboxylic acids is 1. The van der Waals surface area contributed by atoms with Crippen LogP contribution in [-0.4, -0.2) is 59.1 Å². The molecule has 29 heavy (non-hydrogen) atoms. The van der Waals surface area contributed by atoms with Gasteiger partial charge < -0.3 is 10.0 Å². The lowest BCUT2D eigenvalue weighted by Gasteiger charge is -2.40. The Balaban J connectivity index is 2.19. The summed E-state index contributed by atoms with van der Waals surface area (Å²) in [6.07, 6.45) is -3.05. The van der Waals surface area contributed by atoms with Crippen molar-refractivity contribution in [1.82, 2.24) is 9.80 Å². The molecule has 1 unspecified atom stereocenters. The molecule has 1 aromatic rings. The van der Waals surface area contributed by atoms with Gasteiger partial charge in [-0.05, 0) is 43.5 Å². The van der Waals surface area contributed by atoms with Crippen LogP contribution in [-0.2, 0) is 9.59 Å². The highest BCUT2D eigenvalue weighted by Crippen LogP contribution is 2.36. The molecule has 1 aromatic carbocycles. The first-order chi connectivity index (χ1) is 13.6. The second-order valence-corrected chi connectivity index (χ2v) is 7.80. The molecule has 9 heteroatoms. The molecule has 2 rings (SSSR count). The number of rotatable bonds is 9. The first-order valence-corrected chi connectivity index (χ1v) is 10.1. The SMILES string of the molecule is CCCN(CCN1C(=O)[C@@H](CC(=O)O)CCC1c1ccc(Cl)cc1)CC(F)(F)F. The van der Waals surface area contributed by atoms with E-state index >= 15 is 0 Å². The Labute approximate surface area is 173 Å². The number of carbonyl (C=O) groups is 2. The van der Waals surface area contributed by atoms with E-state index < -0.39 is 24.6 Å². The summed E-state index contributed by atoms with van der Waals surface area (Å²) in [6.45, 7) is 1.22. The van der Waals surface area contributed by atoms with E-state index in [1.165, 1.54) is 4.90 Å². The molecule has 1 aliphatic heterocycles. The highest BCUT2D eigenvalue weighted by atomic mass is 35.5. The number of alkyl halides is 3. The number of piperidine rings is 1. The monoisotopic (exact) mass is 434 g/mol. The van der Waals surface area contributed by atoms with Crippen LogP contribution in [0.5, 0.6) is 0 Å². The number of hydrogen-bond donors (Lipinski definition) is 1. The minimum Gasteiger partial charge on any atom is -0.481 e. The van der Waals surface area contributed by atoms with Gasteiger partial charge in [0.2, 0.25) is 5.91 Å². The first-order valence-electron chi connectivity index (χ1n) is 9.67. The molecule has 5 nitrogen and oxygen atoms in total. The number of likely N-dealkylation sites (tertiary alicyclic amines) is 1. The maximum absolute atomic E-state index is 13.0. The fourth-order valence-corrected chi connectivity index (χ4v) is 3.94. The Morgan fingerprint density at radius 2 is 1.90 bits per heavy atom. The Kier molecular flexibility index (Phi) is 8.34. The van der Waals surface area contributed by atoms with Crippen molar-refractivity contribution in [2.75, 3.05) is 26.2 Å². The molecule has 1 N–H and O–H groups in total. The topological polar surface area (TPSA) is 60.9 Å². The zero-order valence-electron chi connectivity index (χ0n) is 16.3. The maximum Gasteiger partial charge on any atom is 0.401 e. The molecular weight excluding hydrogens is 409 g/mol. The molecule has 1 fully saturated rings. The molecule has 0 bridgehead atoms. The predicted octanol–water partition coefficient (Wildman–Crippen LogP) is 4.37. The van der Waals surface area contributed by atoms with Crippen molar-refractivity contribution >= 4 is 23.5 Å². The second kappa shape index (κ2) is 10.3. The van der Waals surface area contributed by atoms with Gasteiger partial charge in [-0.2, -0.15) is 13.2 Å². The van der Waals surface area contributed by atoms with Crippen LogP contribution in [0.1, 0.15) is 44.2 Å². The summed E-state index contributed by atoms with van der Waals surface area (Å²) in [6, 6.07) is 6.69. The largest absolute Gasteiger partial charge is 0.481 e. The number of carboxylic acids is 1. The standard InChI is InChI=1S/C20H26ClF3N2O3/c1-2-9-25(13-20(22,23)24)10-11-26-17(14-3-6-16(21)7-4-14)8-5-15(19(26)29)12-18(27)28/h3-4,6-7,15,17H,2,5,8-13H2,1H3,(H,27,28)/t15-,17?/m1/s1. The molecule has 0 spiro atoms. The van der Waals surface area contributed by atoms with E-state index in [2.05, 4.69) is 0 Å². The Hall–Kier alpha value is -1.80. The van der Waals surface area contributed by atoms with E-state index in [9.17, 15) is 22.8 Å². The van der Waals surface area contributed by atoms with Gasteiger partial charge in [0.15, 0.2) is 0 Å². The van der Waals surface area contributed by atoms with Crippen LogP contribution in [0.2, 0.25) is 5.02 Å². The zero-order valence-corrected chi connectivity index (χ0v) is 17.0. The fraction of sp³-hybridized carbons (Fsp3) is 0.600. The predicted molar refractivity (Wildman–Crippen MR) is 104 cm³/mol. The number of amides is 1. The van der Waals surface area contributed by atoms with E-state index in [0.717, 1.165) is 5.56 Å². The molecule has 2 atom stereocenters. The van der Waals surface area contributed by atoms with Gasteiger partial charge in [0.05, 0.1) is 19.0 Å². The van der Waals surface area contributed by atoms with E-state index in [4.69, 9.17) is 16.7 Å². The number of nitrogens with zero attached hydrogens (tertiary/aromatic N) is 2. The second-order valence-electron chi connectivity index (χ2n) is 7.36. The average molecular weight is 435 g/mol. The third-order valence-corrected chi connectivity index (χ3v) is 5.32. The molecule has 0 aromatic heterocycles. The summed E-state index contributed by atoms with van der Waals surface area (Å²) < 4.78 is 38.6. The van der Waals surface area contributed by atoms with Crippen molar-refractivity contribution in [2.24, 2.45) is 5.92 Å². The van der Waals surface area contributed by atoms with Crippen LogP contribution in [0.4, 0.5) is 13.2 Å². The number of carboxylic acid groups (broad SMARTS) is 1. The fourth-order valence-electron chi connectivity index (χ4n) is 3.81. The third-order valence-electron chi connectivity index (χ3n) is 5.07. The Morgan fingerprint density at radius 1 is 1.24 bits per heavy atom. The maximum atomic E-state index is 13.0. The van der Waals surface area contributed by atoms with Gasteiger partial charge in [0.1, 0.15) is 0 Å². The number of benzene rings is 1. The summed E-state index contributed by atoms with van der Waals surface area (Å²) in [5.74, 6) is -2.03. The van der Waals surface area contributed by atoms with E-state index in [0.29, 0.717) is 24.3 Å². The molecule has 1 heterocycles. The highest BCUT2D eigenvalue weighted by Gasteiger charge is 2.37. The highest BCUT2D eigenvalue weighted by molar-refractivity contribution is 6.30. The van der Waals surface area contributed by atoms with Crippen molar-refractivity contribution in [3.8, 4) is 0 Å². The van der Waals surface area contributed by atoms with Gasteiger partial charge in [-0.3, -0.25) is 14.5 Å². The lowest BCUT2D eigenvalue weighted by molar-refractivity contribution is -0.152. The molecule has 1 saturated heterocycles. The molecular formula is C20H26ClF3N2O3. The van der Waals surface area contributed by atoms with Gasteiger partial charge in [0.25, 0.3) is 0 Å². The van der Waals surface area contributed by atoms with Crippen LogP contribution < -0.4 is 0 Å². The quantitative estimate of drug-likeness (QED) is 0.627. The summed E-state index contributed by atoms with van der Waals surface area (Å²) in [5, 5.41) is 9.63. The zero-order chi connectivity index (χ0) is 21.6. The van der Waals surface area contributed by atoms with E-state index in [-0.39, 0.29) is 38.0 Å². The molecule has 0 aliphatic carbocycles.